The minimum atomic E-state index is -0.516. The van der Waals surface area contributed by atoms with E-state index in [1.807, 2.05) is 44.2 Å². The average molecular weight is 335 g/mol. The minimum Gasteiger partial charge on any atom is -0.383 e. The summed E-state index contributed by atoms with van der Waals surface area (Å²) in [5.74, 6) is 1.28. The number of amides is 1. The molecule has 2 aromatic rings. The van der Waals surface area contributed by atoms with E-state index in [1.165, 1.54) is 17.7 Å². The molecule has 2 aliphatic rings. The van der Waals surface area contributed by atoms with Gasteiger partial charge in [-0.15, -0.1) is 0 Å². The molecule has 0 bridgehead atoms. The maximum absolute atomic E-state index is 12.6. The van der Waals surface area contributed by atoms with Gasteiger partial charge in [0, 0.05) is 18.0 Å². The summed E-state index contributed by atoms with van der Waals surface area (Å²) in [5, 5.41) is 6.60. The van der Waals surface area contributed by atoms with Crippen molar-refractivity contribution in [2.75, 3.05) is 11.9 Å². The first-order valence-electron chi connectivity index (χ1n) is 9.14. The van der Waals surface area contributed by atoms with Gasteiger partial charge in [-0.25, -0.2) is 0 Å². The van der Waals surface area contributed by atoms with E-state index in [-0.39, 0.29) is 5.91 Å². The number of aromatic nitrogens is 1. The predicted octanol–water partition coefficient (Wildman–Crippen LogP) is 3.84. The number of pyridine rings is 1. The molecule has 0 radical (unpaired) electrons. The zero-order valence-electron chi connectivity index (χ0n) is 15.1. The monoisotopic (exact) mass is 335 g/mol. The number of aryl methyl sites for hydroxylation is 1. The highest BCUT2D eigenvalue weighted by atomic mass is 16.1. The van der Waals surface area contributed by atoms with Gasteiger partial charge in [0.1, 0.15) is 0 Å². The molecule has 2 heterocycles. The fourth-order valence-corrected chi connectivity index (χ4v) is 3.62. The van der Waals surface area contributed by atoms with Gasteiger partial charge in [0.2, 0.25) is 0 Å². The van der Waals surface area contributed by atoms with Gasteiger partial charge < -0.3 is 10.6 Å². The zero-order chi connectivity index (χ0) is 17.6. The second-order valence-electron chi connectivity index (χ2n) is 7.74. The van der Waals surface area contributed by atoms with Crippen LogP contribution in [0, 0.1) is 5.92 Å². The Morgan fingerprint density at radius 1 is 1.24 bits per heavy atom. The largest absolute Gasteiger partial charge is 0.383 e. The summed E-state index contributed by atoms with van der Waals surface area (Å²) in [6.45, 7) is 7.20. The Hall–Kier alpha value is -2.36. The van der Waals surface area contributed by atoms with E-state index in [0.717, 1.165) is 30.3 Å². The Morgan fingerprint density at radius 3 is 2.72 bits per heavy atom. The van der Waals surface area contributed by atoms with E-state index in [1.54, 1.807) is 0 Å². The van der Waals surface area contributed by atoms with Gasteiger partial charge in [0.25, 0.3) is 5.91 Å². The Labute approximate surface area is 149 Å². The van der Waals surface area contributed by atoms with E-state index in [4.69, 9.17) is 4.98 Å². The van der Waals surface area contributed by atoms with Crippen LogP contribution in [0.1, 0.15) is 60.4 Å². The topological polar surface area (TPSA) is 54.0 Å². The smallest absolute Gasteiger partial charge is 0.252 e. The Kier molecular flexibility index (Phi) is 3.78. The lowest BCUT2D eigenvalue weighted by Gasteiger charge is -2.28. The quantitative estimate of drug-likeness (QED) is 0.892. The lowest BCUT2D eigenvalue weighted by atomic mass is 9.97. The fourth-order valence-electron chi connectivity index (χ4n) is 3.62. The van der Waals surface area contributed by atoms with Crippen molar-refractivity contribution in [1.29, 1.82) is 0 Å². The van der Waals surface area contributed by atoms with Crippen molar-refractivity contribution >= 4 is 11.6 Å². The number of anilines is 1. The molecule has 0 saturated heterocycles. The van der Waals surface area contributed by atoms with E-state index in [0.29, 0.717) is 11.5 Å². The first-order valence-corrected chi connectivity index (χ1v) is 9.14. The van der Waals surface area contributed by atoms with Crippen LogP contribution in [-0.2, 0) is 12.0 Å². The number of benzene rings is 1. The van der Waals surface area contributed by atoms with Crippen LogP contribution < -0.4 is 10.6 Å². The second kappa shape index (κ2) is 5.87. The molecule has 1 fully saturated rings. The van der Waals surface area contributed by atoms with Crippen molar-refractivity contribution in [3.63, 3.8) is 0 Å². The normalized spacial score (nSPS) is 20.9. The lowest BCUT2D eigenvalue weighted by Crippen LogP contribution is -2.41. The maximum atomic E-state index is 12.6. The van der Waals surface area contributed by atoms with Gasteiger partial charge in [-0.1, -0.05) is 19.1 Å². The van der Waals surface area contributed by atoms with Crippen LogP contribution in [-0.4, -0.2) is 17.4 Å². The molecule has 1 aromatic heterocycles. The highest BCUT2D eigenvalue weighted by Gasteiger charge is 2.44. The van der Waals surface area contributed by atoms with Gasteiger partial charge in [-0.2, -0.15) is 0 Å². The molecular weight excluding hydrogens is 310 g/mol. The Morgan fingerprint density at radius 2 is 2.00 bits per heavy atom. The van der Waals surface area contributed by atoms with Crippen molar-refractivity contribution in [2.24, 2.45) is 5.92 Å². The SMILES string of the molecule is CCc1ccc(C(=O)NC(C)(C)c2ccc3c(n2)C2CC2CN3)cc1. The van der Waals surface area contributed by atoms with Crippen LogP contribution >= 0.6 is 0 Å². The summed E-state index contributed by atoms with van der Waals surface area (Å²) in [7, 11) is 0. The second-order valence-corrected chi connectivity index (χ2v) is 7.74. The molecule has 4 nitrogen and oxygen atoms in total. The van der Waals surface area contributed by atoms with Crippen LogP contribution in [0.2, 0.25) is 0 Å². The van der Waals surface area contributed by atoms with Gasteiger partial charge in [-0.05, 0) is 62.4 Å². The first kappa shape index (κ1) is 16.1. The first-order chi connectivity index (χ1) is 12.0. The Bertz CT molecular complexity index is 810. The molecule has 1 aliphatic carbocycles. The summed E-state index contributed by atoms with van der Waals surface area (Å²) in [6, 6.07) is 11.9. The van der Waals surface area contributed by atoms with E-state index < -0.39 is 5.54 Å². The molecule has 1 amide bonds. The molecular formula is C21H25N3O. The van der Waals surface area contributed by atoms with Gasteiger partial charge in [0.05, 0.1) is 22.6 Å². The molecule has 25 heavy (non-hydrogen) atoms. The van der Waals surface area contributed by atoms with E-state index in [9.17, 15) is 4.79 Å². The van der Waals surface area contributed by atoms with Crippen molar-refractivity contribution in [2.45, 2.75) is 45.1 Å². The van der Waals surface area contributed by atoms with Crippen LogP contribution in [0.3, 0.4) is 0 Å². The number of rotatable bonds is 4. The third kappa shape index (κ3) is 3.01. The molecule has 2 N–H and O–H groups in total. The zero-order valence-corrected chi connectivity index (χ0v) is 15.1. The highest BCUT2D eigenvalue weighted by molar-refractivity contribution is 5.94. The number of carbonyl (C=O) groups is 1. The third-order valence-electron chi connectivity index (χ3n) is 5.44. The standard InChI is InChI=1S/C21H25N3O/c1-4-13-5-7-14(8-6-13)20(25)24-21(2,3)18-10-9-17-19(23-18)16-11-15(16)12-22-17/h5-10,15-16,22H,4,11-12H2,1-3H3,(H,24,25). The predicted molar refractivity (Wildman–Crippen MR) is 99.9 cm³/mol. The third-order valence-corrected chi connectivity index (χ3v) is 5.44. The molecule has 1 aromatic carbocycles. The summed E-state index contributed by atoms with van der Waals surface area (Å²) >= 11 is 0. The van der Waals surface area contributed by atoms with Crippen LogP contribution in [0.4, 0.5) is 5.69 Å². The summed E-state index contributed by atoms with van der Waals surface area (Å²) < 4.78 is 0. The number of nitrogens with one attached hydrogen (secondary N) is 2. The molecule has 1 saturated carbocycles. The van der Waals surface area contributed by atoms with Gasteiger partial charge >= 0.3 is 0 Å². The van der Waals surface area contributed by atoms with Crippen LogP contribution in [0.5, 0.6) is 0 Å². The summed E-state index contributed by atoms with van der Waals surface area (Å²) in [4.78, 5) is 17.5. The molecule has 1 aliphatic heterocycles. The lowest BCUT2D eigenvalue weighted by molar-refractivity contribution is 0.0910. The van der Waals surface area contributed by atoms with Crippen molar-refractivity contribution in [3.05, 3.63) is 58.9 Å². The number of hydrogen-bond donors (Lipinski definition) is 2. The van der Waals surface area contributed by atoms with Crippen molar-refractivity contribution in [1.82, 2.24) is 10.3 Å². The van der Waals surface area contributed by atoms with Gasteiger partial charge in [-0.3, -0.25) is 9.78 Å². The molecule has 4 heteroatoms. The number of carbonyl (C=O) groups excluding carboxylic acids is 1. The van der Waals surface area contributed by atoms with Crippen molar-refractivity contribution in [3.8, 4) is 0 Å². The fraction of sp³-hybridized carbons (Fsp3) is 0.429. The number of nitrogens with zero attached hydrogens (tertiary/aromatic N) is 1. The van der Waals surface area contributed by atoms with E-state index >= 15 is 0 Å². The van der Waals surface area contributed by atoms with Crippen LogP contribution in [0.25, 0.3) is 0 Å². The average Bonchev–Trinajstić information content (AvgIpc) is 3.41. The maximum Gasteiger partial charge on any atom is 0.252 e. The summed E-state index contributed by atoms with van der Waals surface area (Å²) in [6.07, 6.45) is 2.20. The van der Waals surface area contributed by atoms with E-state index in [2.05, 4.69) is 23.6 Å². The summed E-state index contributed by atoms with van der Waals surface area (Å²) in [5.41, 5.74) is 4.64. The van der Waals surface area contributed by atoms with Crippen molar-refractivity contribution < 1.29 is 4.79 Å². The Balaban J connectivity index is 1.54. The molecule has 130 valence electrons. The number of fused-ring (bicyclic) bond motifs is 3. The highest BCUT2D eigenvalue weighted by Crippen LogP contribution is 2.52. The molecule has 4 rings (SSSR count). The molecule has 2 unspecified atom stereocenters. The van der Waals surface area contributed by atoms with Gasteiger partial charge in [0.15, 0.2) is 0 Å². The number of hydrogen-bond acceptors (Lipinski definition) is 3. The minimum absolute atomic E-state index is 0.0606. The van der Waals surface area contributed by atoms with Crippen LogP contribution in [0.15, 0.2) is 36.4 Å². The molecule has 2 atom stereocenters. The molecule has 0 spiro atoms.